The first-order chi connectivity index (χ1) is 10.2. The first-order valence-electron chi connectivity index (χ1n) is 7.84. The number of aliphatic hydroxyl groups excluding tert-OH is 1. The fourth-order valence-electron chi connectivity index (χ4n) is 3.16. The molecule has 2 amide bonds. The number of piperidine rings is 1. The van der Waals surface area contributed by atoms with E-state index in [9.17, 15) is 9.90 Å². The van der Waals surface area contributed by atoms with E-state index in [0.29, 0.717) is 6.54 Å². The number of imidazole rings is 1. The number of nitrogens with one attached hydrogen (secondary N) is 1. The first-order valence-corrected chi connectivity index (χ1v) is 7.84. The van der Waals surface area contributed by atoms with Crippen molar-refractivity contribution in [3.63, 3.8) is 0 Å². The van der Waals surface area contributed by atoms with Gasteiger partial charge in [-0.15, -0.1) is 0 Å². The molecule has 0 radical (unpaired) electrons. The molecule has 2 N–H and O–H groups in total. The standard InChI is InChI=1S/C15H24N4O2/c20-9-13-3-1-2-7-19(13)14(21)17-10-15(4-5-15)11-18-8-6-16-12-18/h6,8,12-13,20H,1-5,7,9-11H2,(H,17,21)/t13-/m1/s1. The maximum absolute atomic E-state index is 12.3. The van der Waals surface area contributed by atoms with Gasteiger partial charge in [-0.2, -0.15) is 0 Å². The molecule has 1 aliphatic heterocycles. The molecule has 1 aromatic rings. The van der Waals surface area contributed by atoms with Crippen LogP contribution in [0.1, 0.15) is 32.1 Å². The second-order valence-electron chi connectivity index (χ2n) is 6.42. The Bertz CT molecular complexity index is 470. The molecule has 3 rings (SSSR count). The van der Waals surface area contributed by atoms with Gasteiger partial charge in [0, 0.05) is 37.4 Å². The van der Waals surface area contributed by atoms with Crippen molar-refractivity contribution in [2.75, 3.05) is 19.7 Å². The summed E-state index contributed by atoms with van der Waals surface area (Å²) in [4.78, 5) is 18.2. The van der Waals surface area contributed by atoms with Crippen molar-refractivity contribution in [2.24, 2.45) is 5.41 Å². The average Bonchev–Trinajstić information content (AvgIpc) is 3.09. The van der Waals surface area contributed by atoms with Crippen LogP contribution in [-0.4, -0.2) is 51.3 Å². The van der Waals surface area contributed by atoms with Crippen molar-refractivity contribution in [3.05, 3.63) is 18.7 Å². The van der Waals surface area contributed by atoms with Gasteiger partial charge < -0.3 is 19.9 Å². The van der Waals surface area contributed by atoms with Crippen LogP contribution in [-0.2, 0) is 6.54 Å². The highest BCUT2D eigenvalue weighted by Crippen LogP contribution is 2.46. The molecule has 6 heteroatoms. The number of rotatable bonds is 5. The number of likely N-dealkylation sites (tertiary alicyclic amines) is 1. The zero-order valence-electron chi connectivity index (χ0n) is 12.4. The van der Waals surface area contributed by atoms with Crippen molar-refractivity contribution in [1.29, 1.82) is 0 Å². The second kappa shape index (κ2) is 6.05. The number of aliphatic hydroxyl groups is 1. The van der Waals surface area contributed by atoms with Crippen molar-refractivity contribution in [3.8, 4) is 0 Å². The Labute approximate surface area is 125 Å². The largest absolute Gasteiger partial charge is 0.394 e. The third kappa shape index (κ3) is 3.37. The third-order valence-corrected chi connectivity index (χ3v) is 4.75. The van der Waals surface area contributed by atoms with Gasteiger partial charge >= 0.3 is 6.03 Å². The molecule has 0 bridgehead atoms. The van der Waals surface area contributed by atoms with Gasteiger partial charge in [0.25, 0.3) is 0 Å². The summed E-state index contributed by atoms with van der Waals surface area (Å²) in [6.07, 6.45) is 10.9. The minimum Gasteiger partial charge on any atom is -0.394 e. The van der Waals surface area contributed by atoms with E-state index in [1.165, 1.54) is 0 Å². The number of nitrogens with zero attached hydrogens (tertiary/aromatic N) is 3. The molecular formula is C15H24N4O2. The highest BCUT2D eigenvalue weighted by atomic mass is 16.3. The molecule has 116 valence electrons. The van der Waals surface area contributed by atoms with Crippen LogP contribution in [0.25, 0.3) is 0 Å². The number of hydrogen-bond acceptors (Lipinski definition) is 3. The van der Waals surface area contributed by atoms with Gasteiger partial charge in [-0.25, -0.2) is 9.78 Å². The summed E-state index contributed by atoms with van der Waals surface area (Å²) in [6.45, 7) is 2.44. The third-order valence-electron chi connectivity index (χ3n) is 4.75. The van der Waals surface area contributed by atoms with Gasteiger partial charge in [0.2, 0.25) is 0 Å². The van der Waals surface area contributed by atoms with E-state index in [0.717, 1.165) is 45.2 Å². The predicted molar refractivity (Wildman–Crippen MR) is 78.7 cm³/mol. The molecular weight excluding hydrogens is 268 g/mol. The number of aromatic nitrogens is 2. The van der Waals surface area contributed by atoms with Crippen molar-refractivity contribution in [1.82, 2.24) is 19.8 Å². The monoisotopic (exact) mass is 292 g/mol. The van der Waals surface area contributed by atoms with Crippen LogP contribution in [0.15, 0.2) is 18.7 Å². The molecule has 1 atom stereocenters. The summed E-state index contributed by atoms with van der Waals surface area (Å²) >= 11 is 0. The number of carbonyl (C=O) groups excluding carboxylic acids is 1. The van der Waals surface area contributed by atoms with Gasteiger partial charge in [0.1, 0.15) is 0 Å². The van der Waals surface area contributed by atoms with Gasteiger partial charge in [0.05, 0.1) is 19.0 Å². The summed E-state index contributed by atoms with van der Waals surface area (Å²) in [6, 6.07) is -0.0341. The van der Waals surface area contributed by atoms with Crippen molar-refractivity contribution >= 4 is 6.03 Å². The molecule has 0 aromatic carbocycles. The summed E-state index contributed by atoms with van der Waals surface area (Å²) in [5, 5.41) is 12.5. The maximum atomic E-state index is 12.3. The SMILES string of the molecule is O=C(NCC1(Cn2ccnc2)CC1)N1CCCC[C@@H]1CO. The van der Waals surface area contributed by atoms with E-state index in [2.05, 4.69) is 14.9 Å². The highest BCUT2D eigenvalue weighted by molar-refractivity contribution is 5.74. The van der Waals surface area contributed by atoms with Crippen LogP contribution in [0, 0.1) is 5.41 Å². The van der Waals surface area contributed by atoms with Gasteiger partial charge in [-0.05, 0) is 32.1 Å². The van der Waals surface area contributed by atoms with Crippen LogP contribution in [0.2, 0.25) is 0 Å². The van der Waals surface area contributed by atoms with Gasteiger partial charge in [-0.3, -0.25) is 0 Å². The van der Waals surface area contributed by atoms with E-state index < -0.39 is 0 Å². The smallest absolute Gasteiger partial charge is 0.317 e. The fourth-order valence-corrected chi connectivity index (χ4v) is 3.16. The minimum atomic E-state index is -0.0225. The number of amides is 2. The number of hydrogen-bond donors (Lipinski definition) is 2. The molecule has 2 fully saturated rings. The first kappa shape index (κ1) is 14.4. The normalized spacial score (nSPS) is 23.9. The number of urea groups is 1. The van der Waals surface area contributed by atoms with E-state index in [-0.39, 0.29) is 24.1 Å². The zero-order chi connectivity index (χ0) is 14.7. The topological polar surface area (TPSA) is 70.4 Å². The van der Waals surface area contributed by atoms with Crippen LogP contribution in [0.4, 0.5) is 4.79 Å². The summed E-state index contributed by atoms with van der Waals surface area (Å²) in [7, 11) is 0. The Balaban J connectivity index is 1.51. The Kier molecular flexibility index (Phi) is 4.14. The van der Waals surface area contributed by atoms with Crippen LogP contribution >= 0.6 is 0 Å². The van der Waals surface area contributed by atoms with E-state index >= 15 is 0 Å². The Hall–Kier alpha value is -1.56. The Morgan fingerprint density at radius 1 is 1.43 bits per heavy atom. The van der Waals surface area contributed by atoms with Crippen LogP contribution in [0.5, 0.6) is 0 Å². The second-order valence-corrected chi connectivity index (χ2v) is 6.42. The Morgan fingerprint density at radius 3 is 2.95 bits per heavy atom. The fraction of sp³-hybridized carbons (Fsp3) is 0.733. The van der Waals surface area contributed by atoms with Crippen molar-refractivity contribution < 1.29 is 9.90 Å². The van der Waals surface area contributed by atoms with Gasteiger partial charge in [0.15, 0.2) is 0 Å². The molecule has 1 saturated carbocycles. The molecule has 1 saturated heterocycles. The lowest BCUT2D eigenvalue weighted by atomic mass is 10.0. The molecule has 6 nitrogen and oxygen atoms in total. The van der Waals surface area contributed by atoms with Crippen LogP contribution in [0.3, 0.4) is 0 Å². The molecule has 1 aliphatic carbocycles. The molecule has 2 aliphatic rings. The lowest BCUT2D eigenvalue weighted by molar-refractivity contribution is 0.107. The summed E-state index contributed by atoms with van der Waals surface area (Å²) in [5.41, 5.74) is 0.195. The molecule has 21 heavy (non-hydrogen) atoms. The lowest BCUT2D eigenvalue weighted by Crippen LogP contribution is -2.51. The lowest BCUT2D eigenvalue weighted by Gasteiger charge is -2.35. The minimum absolute atomic E-state index is 0.0115. The average molecular weight is 292 g/mol. The Morgan fingerprint density at radius 2 is 2.29 bits per heavy atom. The molecule has 0 unspecified atom stereocenters. The quantitative estimate of drug-likeness (QED) is 0.857. The zero-order valence-corrected chi connectivity index (χ0v) is 12.4. The maximum Gasteiger partial charge on any atom is 0.317 e. The summed E-state index contributed by atoms with van der Waals surface area (Å²) < 4.78 is 2.08. The summed E-state index contributed by atoms with van der Waals surface area (Å²) in [5.74, 6) is 0. The highest BCUT2D eigenvalue weighted by Gasteiger charge is 2.43. The van der Waals surface area contributed by atoms with E-state index in [1.807, 2.05) is 12.5 Å². The molecule has 2 heterocycles. The van der Waals surface area contributed by atoms with E-state index in [4.69, 9.17) is 0 Å². The molecule has 1 aromatic heterocycles. The van der Waals surface area contributed by atoms with Crippen LogP contribution < -0.4 is 5.32 Å². The van der Waals surface area contributed by atoms with E-state index in [1.54, 1.807) is 11.1 Å². The molecule has 0 spiro atoms. The van der Waals surface area contributed by atoms with Crippen molar-refractivity contribution in [2.45, 2.75) is 44.7 Å². The van der Waals surface area contributed by atoms with Gasteiger partial charge in [-0.1, -0.05) is 0 Å². The number of carbonyl (C=O) groups is 1. The predicted octanol–water partition coefficient (Wildman–Crippen LogP) is 1.22.